The predicted octanol–water partition coefficient (Wildman–Crippen LogP) is 2.51. The lowest BCUT2D eigenvalue weighted by Gasteiger charge is -2.20. The quantitative estimate of drug-likeness (QED) is 0.810. The molecule has 0 radical (unpaired) electrons. The van der Waals surface area contributed by atoms with Crippen molar-refractivity contribution in [2.75, 3.05) is 6.79 Å². The van der Waals surface area contributed by atoms with Gasteiger partial charge in [0.05, 0.1) is 6.26 Å². The highest BCUT2D eigenvalue weighted by Gasteiger charge is 2.27. The molecule has 1 atom stereocenters. The summed E-state index contributed by atoms with van der Waals surface area (Å²) in [5.41, 5.74) is 0.859. The lowest BCUT2D eigenvalue weighted by molar-refractivity contribution is -0.132. The fourth-order valence-corrected chi connectivity index (χ4v) is 2.40. The van der Waals surface area contributed by atoms with Gasteiger partial charge >= 0.3 is 5.97 Å². The van der Waals surface area contributed by atoms with Crippen molar-refractivity contribution in [1.82, 2.24) is 5.32 Å². The molecule has 1 aliphatic rings. The topological polar surface area (TPSA) is 87.0 Å². The third-order valence-corrected chi connectivity index (χ3v) is 3.72. The third kappa shape index (κ3) is 3.93. The third-order valence-electron chi connectivity index (χ3n) is 3.72. The Morgan fingerprint density at radius 1 is 1.20 bits per heavy atom. The minimum absolute atomic E-state index is 0.0641. The Morgan fingerprint density at radius 2 is 2.00 bits per heavy atom. The van der Waals surface area contributed by atoms with E-state index in [0.29, 0.717) is 11.5 Å². The van der Waals surface area contributed by atoms with E-state index in [0.717, 1.165) is 5.56 Å². The molecule has 132 valence electrons. The van der Waals surface area contributed by atoms with Crippen LogP contribution in [0.5, 0.6) is 11.5 Å². The molecule has 1 amide bonds. The van der Waals surface area contributed by atoms with E-state index in [9.17, 15) is 9.59 Å². The molecule has 2 heterocycles. The van der Waals surface area contributed by atoms with E-state index in [1.54, 1.807) is 26.0 Å². The molecule has 0 unspecified atom stereocenters. The maximum Gasteiger partial charge on any atom is 0.375 e. The zero-order valence-corrected chi connectivity index (χ0v) is 14.0. The van der Waals surface area contributed by atoms with Gasteiger partial charge in [0.1, 0.15) is 0 Å². The van der Waals surface area contributed by atoms with Gasteiger partial charge in [-0.2, -0.15) is 0 Å². The minimum atomic E-state index is -0.911. The van der Waals surface area contributed by atoms with Gasteiger partial charge in [-0.05, 0) is 35.7 Å². The number of nitrogens with one attached hydrogen (secondary N) is 1. The van der Waals surface area contributed by atoms with Gasteiger partial charge in [0.15, 0.2) is 17.6 Å². The first-order valence-corrected chi connectivity index (χ1v) is 7.95. The molecule has 1 aromatic heterocycles. The van der Waals surface area contributed by atoms with Crippen molar-refractivity contribution in [2.24, 2.45) is 5.92 Å². The van der Waals surface area contributed by atoms with Crippen molar-refractivity contribution in [2.45, 2.75) is 26.5 Å². The monoisotopic (exact) mass is 345 g/mol. The van der Waals surface area contributed by atoms with E-state index in [1.165, 1.54) is 12.3 Å². The van der Waals surface area contributed by atoms with Crippen LogP contribution in [0.4, 0.5) is 0 Å². The van der Waals surface area contributed by atoms with E-state index in [-0.39, 0.29) is 30.9 Å². The van der Waals surface area contributed by atoms with E-state index in [4.69, 9.17) is 18.6 Å². The molecule has 7 nitrogen and oxygen atoms in total. The number of rotatable bonds is 6. The van der Waals surface area contributed by atoms with Crippen molar-refractivity contribution in [3.05, 3.63) is 47.9 Å². The highest BCUT2D eigenvalue weighted by atomic mass is 16.7. The summed E-state index contributed by atoms with van der Waals surface area (Å²) in [5, 5.41) is 2.78. The standard InChI is InChI=1S/C18H19NO6/c1-11(2)16(25-18(21)14-4-3-7-22-14)17(20)19-9-12-5-6-13-15(8-12)24-10-23-13/h3-8,11,16H,9-10H2,1-2H3,(H,19,20)/t16-/m1/s1. The molecular formula is C18H19NO6. The number of esters is 1. The lowest BCUT2D eigenvalue weighted by atomic mass is 10.1. The van der Waals surface area contributed by atoms with Crippen LogP contribution in [0.3, 0.4) is 0 Å². The van der Waals surface area contributed by atoms with Crippen molar-refractivity contribution < 1.29 is 28.2 Å². The first-order valence-electron chi connectivity index (χ1n) is 7.95. The average molecular weight is 345 g/mol. The summed E-state index contributed by atoms with van der Waals surface area (Å²) in [7, 11) is 0. The van der Waals surface area contributed by atoms with Crippen LogP contribution in [-0.2, 0) is 16.1 Å². The summed E-state index contributed by atoms with van der Waals surface area (Å²) < 4.78 is 20.8. The van der Waals surface area contributed by atoms with Crippen LogP contribution >= 0.6 is 0 Å². The number of amides is 1. The maximum absolute atomic E-state index is 12.4. The smallest absolute Gasteiger partial charge is 0.375 e. The Hall–Kier alpha value is -2.96. The first kappa shape index (κ1) is 16.9. The van der Waals surface area contributed by atoms with Crippen LogP contribution in [0.15, 0.2) is 41.0 Å². The highest BCUT2D eigenvalue weighted by Crippen LogP contribution is 2.32. The highest BCUT2D eigenvalue weighted by molar-refractivity contribution is 5.90. The SMILES string of the molecule is CC(C)[C@@H](OC(=O)c1ccco1)C(=O)NCc1ccc2c(c1)OCO2. The second-order valence-electron chi connectivity index (χ2n) is 5.95. The van der Waals surface area contributed by atoms with E-state index < -0.39 is 12.1 Å². The first-order chi connectivity index (χ1) is 12.0. The largest absolute Gasteiger partial charge is 0.457 e. The maximum atomic E-state index is 12.4. The molecule has 3 rings (SSSR count). The van der Waals surface area contributed by atoms with Crippen molar-refractivity contribution in [3.8, 4) is 11.5 Å². The number of fused-ring (bicyclic) bond motifs is 1. The summed E-state index contributed by atoms with van der Waals surface area (Å²) in [6.45, 7) is 4.10. The molecule has 0 saturated carbocycles. The minimum Gasteiger partial charge on any atom is -0.457 e. The average Bonchev–Trinajstić information content (AvgIpc) is 3.27. The number of hydrogen-bond donors (Lipinski definition) is 1. The van der Waals surface area contributed by atoms with Crippen molar-refractivity contribution >= 4 is 11.9 Å². The molecule has 0 fully saturated rings. The number of furan rings is 1. The predicted molar refractivity (Wildman–Crippen MR) is 87.2 cm³/mol. The molecule has 0 bridgehead atoms. The zero-order chi connectivity index (χ0) is 17.8. The van der Waals surface area contributed by atoms with Crippen LogP contribution in [0.25, 0.3) is 0 Å². The molecular weight excluding hydrogens is 326 g/mol. The Bertz CT molecular complexity index is 753. The van der Waals surface area contributed by atoms with E-state index in [2.05, 4.69) is 5.32 Å². The second kappa shape index (κ2) is 7.29. The molecule has 0 spiro atoms. The summed E-state index contributed by atoms with van der Waals surface area (Å²) in [4.78, 5) is 24.4. The van der Waals surface area contributed by atoms with Crippen LogP contribution in [0, 0.1) is 5.92 Å². The van der Waals surface area contributed by atoms with Crippen molar-refractivity contribution in [1.29, 1.82) is 0 Å². The fraction of sp³-hybridized carbons (Fsp3) is 0.333. The second-order valence-corrected chi connectivity index (χ2v) is 5.95. The molecule has 1 aromatic carbocycles. The van der Waals surface area contributed by atoms with Crippen LogP contribution < -0.4 is 14.8 Å². The molecule has 0 aliphatic carbocycles. The van der Waals surface area contributed by atoms with Gasteiger partial charge in [0, 0.05) is 6.54 Å². The molecule has 25 heavy (non-hydrogen) atoms. The Kier molecular flexibility index (Phi) is 4.92. The van der Waals surface area contributed by atoms with Gasteiger partial charge < -0.3 is 23.9 Å². The number of benzene rings is 1. The lowest BCUT2D eigenvalue weighted by Crippen LogP contribution is -2.40. The van der Waals surface area contributed by atoms with Crippen LogP contribution in [0.2, 0.25) is 0 Å². The summed E-state index contributed by atoms with van der Waals surface area (Å²) in [5.74, 6) is 0.179. The van der Waals surface area contributed by atoms with E-state index in [1.807, 2.05) is 12.1 Å². The molecule has 7 heteroatoms. The van der Waals surface area contributed by atoms with Crippen LogP contribution in [-0.4, -0.2) is 24.8 Å². The molecule has 2 aromatic rings. The summed E-state index contributed by atoms with van der Waals surface area (Å²) in [6, 6.07) is 8.51. The van der Waals surface area contributed by atoms with Crippen LogP contribution in [0.1, 0.15) is 30.0 Å². The summed E-state index contributed by atoms with van der Waals surface area (Å²) in [6.07, 6.45) is 0.465. The van der Waals surface area contributed by atoms with Gasteiger partial charge in [-0.25, -0.2) is 4.79 Å². The number of carbonyl (C=O) groups excluding carboxylic acids is 2. The normalized spacial score (nSPS) is 13.6. The van der Waals surface area contributed by atoms with Gasteiger partial charge in [-0.3, -0.25) is 4.79 Å². The number of hydrogen-bond acceptors (Lipinski definition) is 6. The van der Waals surface area contributed by atoms with Gasteiger partial charge in [0.2, 0.25) is 12.6 Å². The zero-order valence-electron chi connectivity index (χ0n) is 14.0. The Balaban J connectivity index is 1.60. The molecule has 1 N–H and O–H groups in total. The molecule has 0 saturated heterocycles. The number of ether oxygens (including phenoxy) is 3. The van der Waals surface area contributed by atoms with Gasteiger partial charge in [-0.1, -0.05) is 19.9 Å². The fourth-order valence-electron chi connectivity index (χ4n) is 2.40. The summed E-state index contributed by atoms with van der Waals surface area (Å²) >= 11 is 0. The van der Waals surface area contributed by atoms with E-state index >= 15 is 0 Å². The number of carbonyl (C=O) groups is 2. The Labute approximate surface area is 144 Å². The van der Waals surface area contributed by atoms with Gasteiger partial charge in [0.25, 0.3) is 5.91 Å². The Morgan fingerprint density at radius 3 is 2.72 bits per heavy atom. The van der Waals surface area contributed by atoms with Crippen molar-refractivity contribution in [3.63, 3.8) is 0 Å². The van der Waals surface area contributed by atoms with Gasteiger partial charge in [-0.15, -0.1) is 0 Å². The molecule has 1 aliphatic heterocycles.